The van der Waals surface area contributed by atoms with Gasteiger partial charge in [-0.1, -0.05) is 12.1 Å². The maximum atomic E-state index is 5.50. The molecule has 1 aliphatic heterocycles. The SMILES string of the molecule is COc1ccc(CN2CCNCC2c2cccnc2)c(Br)c1OC.Cl. The fraction of sp³-hybridized carbons (Fsp3) is 0.389. The summed E-state index contributed by atoms with van der Waals surface area (Å²) in [6.07, 6.45) is 3.77. The van der Waals surface area contributed by atoms with E-state index in [2.05, 4.69) is 43.3 Å². The van der Waals surface area contributed by atoms with E-state index < -0.39 is 0 Å². The van der Waals surface area contributed by atoms with Crippen LogP contribution in [0.1, 0.15) is 17.2 Å². The Labute approximate surface area is 163 Å². The minimum atomic E-state index is 0. The average molecular weight is 429 g/mol. The summed E-state index contributed by atoms with van der Waals surface area (Å²) in [5, 5.41) is 3.48. The molecule has 1 aromatic heterocycles. The molecule has 1 atom stereocenters. The van der Waals surface area contributed by atoms with Gasteiger partial charge >= 0.3 is 0 Å². The predicted octanol–water partition coefficient (Wildman–Crippen LogP) is 3.43. The largest absolute Gasteiger partial charge is 0.493 e. The van der Waals surface area contributed by atoms with Crippen molar-refractivity contribution in [2.75, 3.05) is 33.9 Å². The molecule has 136 valence electrons. The van der Waals surface area contributed by atoms with Crippen LogP contribution in [0.3, 0.4) is 0 Å². The Hall–Kier alpha value is -1.34. The van der Waals surface area contributed by atoms with Gasteiger partial charge in [0.1, 0.15) is 0 Å². The van der Waals surface area contributed by atoms with Crippen LogP contribution < -0.4 is 14.8 Å². The molecule has 0 aliphatic carbocycles. The first-order valence-corrected chi connectivity index (χ1v) is 8.78. The summed E-state index contributed by atoms with van der Waals surface area (Å²) < 4.78 is 11.8. The molecule has 1 unspecified atom stereocenters. The molecule has 1 N–H and O–H groups in total. The van der Waals surface area contributed by atoms with Crippen molar-refractivity contribution in [2.24, 2.45) is 0 Å². The van der Waals surface area contributed by atoms with Crippen LogP contribution in [0, 0.1) is 0 Å². The molecular weight excluding hydrogens is 406 g/mol. The van der Waals surface area contributed by atoms with E-state index in [1.54, 1.807) is 14.2 Å². The molecule has 0 radical (unpaired) electrons. The second-order valence-electron chi connectivity index (χ2n) is 5.75. The van der Waals surface area contributed by atoms with Gasteiger partial charge in [0.2, 0.25) is 0 Å². The second kappa shape index (κ2) is 9.38. The number of ether oxygens (including phenoxy) is 2. The van der Waals surface area contributed by atoms with Gasteiger partial charge in [0.15, 0.2) is 11.5 Å². The van der Waals surface area contributed by atoms with Gasteiger partial charge in [0.05, 0.1) is 18.7 Å². The van der Waals surface area contributed by atoms with Gasteiger partial charge in [-0.3, -0.25) is 9.88 Å². The molecule has 3 rings (SSSR count). The first-order chi connectivity index (χ1) is 11.7. The normalized spacial score (nSPS) is 17.6. The fourth-order valence-electron chi connectivity index (χ4n) is 3.11. The Balaban J connectivity index is 0.00000225. The zero-order chi connectivity index (χ0) is 16.9. The molecule has 7 heteroatoms. The second-order valence-corrected chi connectivity index (χ2v) is 6.54. The zero-order valence-electron chi connectivity index (χ0n) is 14.4. The number of halogens is 2. The molecule has 0 bridgehead atoms. The van der Waals surface area contributed by atoms with Gasteiger partial charge in [-0.15, -0.1) is 12.4 Å². The highest BCUT2D eigenvalue weighted by Crippen LogP contribution is 2.38. The molecule has 5 nitrogen and oxygen atoms in total. The molecular formula is C18H23BrClN3O2. The highest BCUT2D eigenvalue weighted by molar-refractivity contribution is 9.10. The molecule has 2 heterocycles. The van der Waals surface area contributed by atoms with Crippen molar-refractivity contribution in [3.63, 3.8) is 0 Å². The standard InChI is InChI=1S/C18H22BrN3O2.ClH/c1-23-16-6-5-14(17(19)18(16)24-2)12-22-9-8-21-11-15(22)13-4-3-7-20-10-13;/h3-7,10,15,21H,8-9,11-12H2,1-2H3;1H. The summed E-state index contributed by atoms with van der Waals surface area (Å²) in [7, 11) is 3.31. The third kappa shape index (κ3) is 4.44. The number of nitrogens with zero attached hydrogens (tertiary/aromatic N) is 2. The number of methoxy groups -OCH3 is 2. The number of hydrogen-bond acceptors (Lipinski definition) is 5. The first kappa shape index (κ1) is 20.0. The number of hydrogen-bond donors (Lipinski definition) is 1. The Bertz CT molecular complexity index is 688. The summed E-state index contributed by atoms with van der Waals surface area (Å²) in [6, 6.07) is 8.50. The van der Waals surface area contributed by atoms with Crippen molar-refractivity contribution in [2.45, 2.75) is 12.6 Å². The van der Waals surface area contributed by atoms with E-state index in [0.29, 0.717) is 6.04 Å². The van der Waals surface area contributed by atoms with Crippen LogP contribution in [0.15, 0.2) is 41.1 Å². The summed E-state index contributed by atoms with van der Waals surface area (Å²) in [5.74, 6) is 1.47. The van der Waals surface area contributed by atoms with Crippen LogP contribution in [0.5, 0.6) is 11.5 Å². The molecule has 1 fully saturated rings. The molecule has 1 aliphatic rings. The highest BCUT2D eigenvalue weighted by Gasteiger charge is 2.25. The minimum absolute atomic E-state index is 0. The minimum Gasteiger partial charge on any atom is -0.493 e. The van der Waals surface area contributed by atoms with Crippen LogP contribution in [-0.2, 0) is 6.54 Å². The molecule has 25 heavy (non-hydrogen) atoms. The quantitative estimate of drug-likeness (QED) is 0.790. The number of pyridine rings is 1. The molecule has 0 saturated carbocycles. The topological polar surface area (TPSA) is 46.6 Å². The molecule has 2 aromatic rings. The van der Waals surface area contributed by atoms with E-state index in [1.165, 1.54) is 11.1 Å². The average Bonchev–Trinajstić information content (AvgIpc) is 2.64. The van der Waals surface area contributed by atoms with Crippen LogP contribution >= 0.6 is 28.3 Å². The number of nitrogens with one attached hydrogen (secondary N) is 1. The first-order valence-electron chi connectivity index (χ1n) is 7.98. The van der Waals surface area contributed by atoms with Crippen molar-refractivity contribution in [3.8, 4) is 11.5 Å². The number of benzene rings is 1. The zero-order valence-corrected chi connectivity index (χ0v) is 16.8. The third-order valence-electron chi connectivity index (χ3n) is 4.36. The Morgan fingerprint density at radius 2 is 2.12 bits per heavy atom. The summed E-state index contributed by atoms with van der Waals surface area (Å²) in [6.45, 7) is 3.74. The van der Waals surface area contributed by atoms with Crippen molar-refractivity contribution in [3.05, 3.63) is 52.3 Å². The van der Waals surface area contributed by atoms with E-state index in [1.807, 2.05) is 24.5 Å². The molecule has 0 amide bonds. The van der Waals surface area contributed by atoms with E-state index in [-0.39, 0.29) is 12.4 Å². The van der Waals surface area contributed by atoms with Gasteiger partial charge in [-0.05, 0) is 39.2 Å². The number of rotatable bonds is 5. The maximum Gasteiger partial charge on any atom is 0.175 e. The lowest BCUT2D eigenvalue weighted by Gasteiger charge is -2.36. The van der Waals surface area contributed by atoms with E-state index in [4.69, 9.17) is 9.47 Å². The summed E-state index contributed by atoms with van der Waals surface area (Å²) in [4.78, 5) is 6.74. The smallest absolute Gasteiger partial charge is 0.175 e. The van der Waals surface area contributed by atoms with Gasteiger partial charge in [0.25, 0.3) is 0 Å². The van der Waals surface area contributed by atoms with Crippen molar-refractivity contribution >= 4 is 28.3 Å². The van der Waals surface area contributed by atoms with E-state index in [9.17, 15) is 0 Å². The van der Waals surface area contributed by atoms with Crippen LogP contribution in [0.25, 0.3) is 0 Å². The molecule has 1 aromatic carbocycles. The lowest BCUT2D eigenvalue weighted by molar-refractivity contribution is 0.153. The summed E-state index contributed by atoms with van der Waals surface area (Å²) >= 11 is 3.68. The number of aromatic nitrogens is 1. The van der Waals surface area contributed by atoms with Crippen LogP contribution in [0.2, 0.25) is 0 Å². The van der Waals surface area contributed by atoms with Crippen molar-refractivity contribution in [1.29, 1.82) is 0 Å². The lowest BCUT2D eigenvalue weighted by atomic mass is 10.0. The van der Waals surface area contributed by atoms with E-state index >= 15 is 0 Å². The number of piperazine rings is 1. The third-order valence-corrected chi connectivity index (χ3v) is 5.23. The van der Waals surface area contributed by atoms with Gasteiger partial charge in [-0.25, -0.2) is 0 Å². The van der Waals surface area contributed by atoms with Gasteiger partial charge in [-0.2, -0.15) is 0 Å². The predicted molar refractivity (Wildman–Crippen MR) is 105 cm³/mol. The fourth-order valence-corrected chi connectivity index (χ4v) is 3.72. The Kier molecular flexibility index (Phi) is 7.50. The maximum absolute atomic E-state index is 5.50. The molecule has 0 spiro atoms. The highest BCUT2D eigenvalue weighted by atomic mass is 79.9. The van der Waals surface area contributed by atoms with Gasteiger partial charge in [0, 0.05) is 44.6 Å². The van der Waals surface area contributed by atoms with Crippen LogP contribution in [0.4, 0.5) is 0 Å². The van der Waals surface area contributed by atoms with Crippen molar-refractivity contribution < 1.29 is 9.47 Å². The lowest BCUT2D eigenvalue weighted by Crippen LogP contribution is -2.45. The Morgan fingerprint density at radius 1 is 1.28 bits per heavy atom. The van der Waals surface area contributed by atoms with E-state index in [0.717, 1.165) is 42.2 Å². The monoisotopic (exact) mass is 427 g/mol. The summed E-state index contributed by atoms with van der Waals surface area (Å²) in [5.41, 5.74) is 2.42. The van der Waals surface area contributed by atoms with Crippen LogP contribution in [-0.4, -0.2) is 43.7 Å². The van der Waals surface area contributed by atoms with Gasteiger partial charge < -0.3 is 14.8 Å². The Morgan fingerprint density at radius 3 is 2.80 bits per heavy atom. The molecule has 1 saturated heterocycles. The van der Waals surface area contributed by atoms with Crippen molar-refractivity contribution in [1.82, 2.24) is 15.2 Å².